The van der Waals surface area contributed by atoms with Gasteiger partial charge in [0.05, 0.1) is 33.1 Å². The van der Waals surface area contributed by atoms with Gasteiger partial charge in [-0.25, -0.2) is 5.01 Å². The van der Waals surface area contributed by atoms with E-state index in [4.69, 9.17) is 19.3 Å². The first-order chi connectivity index (χ1) is 19.0. The summed E-state index contributed by atoms with van der Waals surface area (Å²) in [5.74, 6) is 1.52. The molecule has 9 nitrogen and oxygen atoms in total. The van der Waals surface area contributed by atoms with Gasteiger partial charge in [-0.15, -0.1) is 0 Å². The van der Waals surface area contributed by atoms with Gasteiger partial charge in [0.1, 0.15) is 22.5 Å². The molecule has 200 valence electrons. The van der Waals surface area contributed by atoms with Crippen molar-refractivity contribution in [1.82, 2.24) is 5.01 Å². The molecule has 10 heteroatoms. The van der Waals surface area contributed by atoms with Gasteiger partial charge in [0.15, 0.2) is 5.17 Å². The Hall–Kier alpha value is -4.31. The largest absolute Gasteiger partial charge is 0.497 e. The lowest BCUT2D eigenvalue weighted by Crippen LogP contribution is -2.25. The Kier molecular flexibility index (Phi) is 7.83. The summed E-state index contributed by atoms with van der Waals surface area (Å²) in [6, 6.07) is 22.4. The predicted octanol–water partition coefficient (Wildman–Crippen LogP) is 4.89. The smallest absolute Gasteiger partial charge is 0.262 e. The van der Waals surface area contributed by atoms with E-state index >= 15 is 0 Å². The first-order valence-corrected chi connectivity index (χ1v) is 13.2. The van der Waals surface area contributed by atoms with Crippen LogP contribution < -0.4 is 19.5 Å². The normalized spacial score (nSPS) is 18.4. The summed E-state index contributed by atoms with van der Waals surface area (Å²) in [5, 5.41) is 9.36. The molecule has 0 fully saturated rings. The Morgan fingerprint density at radius 2 is 1.62 bits per heavy atom. The van der Waals surface area contributed by atoms with Crippen molar-refractivity contribution in [1.29, 1.82) is 0 Å². The summed E-state index contributed by atoms with van der Waals surface area (Å²) in [5.41, 5.74) is 3.44. The first kappa shape index (κ1) is 26.3. The molecular weight excluding hydrogens is 516 g/mol. The molecule has 1 N–H and O–H groups in total. The molecule has 0 saturated carbocycles. The van der Waals surface area contributed by atoms with Crippen molar-refractivity contribution in [2.45, 2.75) is 24.1 Å². The molecule has 0 aliphatic carbocycles. The van der Waals surface area contributed by atoms with Gasteiger partial charge in [-0.1, -0.05) is 30.0 Å². The lowest BCUT2D eigenvalue weighted by molar-refractivity contribution is -0.121. The second-order valence-corrected chi connectivity index (χ2v) is 10.1. The number of amides is 2. The lowest BCUT2D eigenvalue weighted by Gasteiger charge is -2.23. The minimum absolute atomic E-state index is 0.0101. The number of nitrogens with zero attached hydrogens (tertiary/aromatic N) is 3. The number of aliphatic imine (C=N–C) groups is 1. The van der Waals surface area contributed by atoms with Crippen molar-refractivity contribution in [3.05, 3.63) is 83.9 Å². The van der Waals surface area contributed by atoms with E-state index in [2.05, 4.69) is 10.3 Å². The zero-order valence-electron chi connectivity index (χ0n) is 21.8. The van der Waals surface area contributed by atoms with Gasteiger partial charge in [0, 0.05) is 24.6 Å². The van der Waals surface area contributed by atoms with E-state index in [9.17, 15) is 9.59 Å². The van der Waals surface area contributed by atoms with Crippen LogP contribution in [0.2, 0.25) is 0 Å². The molecule has 3 aromatic rings. The monoisotopic (exact) mass is 544 g/mol. The van der Waals surface area contributed by atoms with E-state index in [0.717, 1.165) is 28.3 Å². The molecule has 5 rings (SSSR count). The fourth-order valence-electron chi connectivity index (χ4n) is 4.42. The van der Waals surface area contributed by atoms with Crippen LogP contribution >= 0.6 is 11.8 Å². The fraction of sp³-hybridized carbons (Fsp3) is 0.241. The van der Waals surface area contributed by atoms with E-state index in [1.165, 1.54) is 11.8 Å². The molecule has 0 saturated heterocycles. The van der Waals surface area contributed by atoms with E-state index in [0.29, 0.717) is 23.0 Å². The molecule has 0 unspecified atom stereocenters. The van der Waals surface area contributed by atoms with E-state index in [1.807, 2.05) is 48.5 Å². The molecule has 3 aromatic carbocycles. The van der Waals surface area contributed by atoms with Crippen molar-refractivity contribution in [2.24, 2.45) is 10.1 Å². The Morgan fingerprint density at radius 1 is 0.949 bits per heavy atom. The SMILES string of the molecule is COc1ccc(C2=NN(C3=NC(=O)[C@H](CC(=O)Nc4cccc(OC)c4)S3)[C@H](c3ccc(OC)cc3)C2)cc1. The van der Waals surface area contributed by atoms with Crippen LogP contribution in [0.25, 0.3) is 0 Å². The summed E-state index contributed by atoms with van der Waals surface area (Å²) >= 11 is 1.26. The highest BCUT2D eigenvalue weighted by molar-refractivity contribution is 8.15. The highest BCUT2D eigenvalue weighted by atomic mass is 32.2. The number of hydrogen-bond donors (Lipinski definition) is 1. The summed E-state index contributed by atoms with van der Waals surface area (Å²) in [7, 11) is 4.82. The maximum atomic E-state index is 12.9. The maximum Gasteiger partial charge on any atom is 0.262 e. The number of amidine groups is 1. The second-order valence-electron chi connectivity index (χ2n) is 8.94. The van der Waals surface area contributed by atoms with Crippen molar-refractivity contribution >= 4 is 40.1 Å². The van der Waals surface area contributed by atoms with Crippen LogP contribution in [0.1, 0.15) is 30.0 Å². The van der Waals surface area contributed by atoms with E-state index in [-0.39, 0.29) is 24.3 Å². The lowest BCUT2D eigenvalue weighted by atomic mass is 9.98. The average molecular weight is 545 g/mol. The van der Waals surface area contributed by atoms with Gasteiger partial charge in [0.2, 0.25) is 5.91 Å². The zero-order valence-corrected chi connectivity index (χ0v) is 22.6. The van der Waals surface area contributed by atoms with Crippen molar-refractivity contribution in [3.8, 4) is 17.2 Å². The Balaban J connectivity index is 1.34. The van der Waals surface area contributed by atoms with Crippen LogP contribution in [0, 0.1) is 0 Å². The number of hydrazone groups is 1. The number of anilines is 1. The molecule has 2 aliphatic heterocycles. The van der Waals surface area contributed by atoms with Crippen LogP contribution in [0.15, 0.2) is 82.9 Å². The molecule has 0 bridgehead atoms. The molecule has 2 amide bonds. The standard InChI is InChI=1S/C29H28N4O5S/c1-36-21-11-7-18(8-12-21)24-16-25(19-9-13-22(37-2)14-10-19)33(32-24)29-31-28(35)26(39-29)17-27(34)30-20-5-4-6-23(15-20)38-3/h4-15,25-26H,16-17H2,1-3H3,(H,30,34)/t25-,26-/m0/s1. The molecule has 0 radical (unpaired) electrons. The number of rotatable bonds is 8. The van der Waals surface area contributed by atoms with E-state index < -0.39 is 5.25 Å². The third-order valence-electron chi connectivity index (χ3n) is 6.48. The van der Waals surface area contributed by atoms with Crippen LogP contribution in [0.5, 0.6) is 17.2 Å². The average Bonchev–Trinajstić information content (AvgIpc) is 3.57. The summed E-state index contributed by atoms with van der Waals surface area (Å²) in [4.78, 5) is 29.9. The maximum absolute atomic E-state index is 12.9. The second kappa shape index (κ2) is 11.6. The van der Waals surface area contributed by atoms with Gasteiger partial charge in [-0.3, -0.25) is 9.59 Å². The number of carbonyl (C=O) groups is 2. The topological polar surface area (TPSA) is 102 Å². The Bertz CT molecular complexity index is 1420. The van der Waals surface area contributed by atoms with Crippen LogP contribution in [0.3, 0.4) is 0 Å². The zero-order chi connectivity index (χ0) is 27.4. The molecule has 2 atom stereocenters. The number of hydrogen-bond acceptors (Lipinski definition) is 8. The van der Waals surface area contributed by atoms with Crippen LogP contribution in [-0.4, -0.2) is 54.3 Å². The predicted molar refractivity (Wildman–Crippen MR) is 152 cm³/mol. The number of benzene rings is 3. The highest BCUT2D eigenvalue weighted by Crippen LogP contribution is 2.39. The summed E-state index contributed by atoms with van der Waals surface area (Å²) in [6.07, 6.45) is 0.608. The highest BCUT2D eigenvalue weighted by Gasteiger charge is 2.39. The quantitative estimate of drug-likeness (QED) is 0.431. The third kappa shape index (κ3) is 5.91. The molecule has 0 aromatic heterocycles. The van der Waals surface area contributed by atoms with Gasteiger partial charge >= 0.3 is 0 Å². The van der Waals surface area contributed by atoms with Gasteiger partial charge in [-0.05, 0) is 59.7 Å². The van der Waals surface area contributed by atoms with Gasteiger partial charge < -0.3 is 19.5 Å². The van der Waals surface area contributed by atoms with Crippen molar-refractivity contribution in [2.75, 3.05) is 26.6 Å². The number of nitrogens with one attached hydrogen (secondary N) is 1. The molecular formula is C29H28N4O5S. The number of ether oxygens (including phenoxy) is 3. The first-order valence-electron chi connectivity index (χ1n) is 12.4. The van der Waals surface area contributed by atoms with Crippen LogP contribution in [-0.2, 0) is 9.59 Å². The molecule has 2 aliphatic rings. The minimum Gasteiger partial charge on any atom is -0.497 e. The third-order valence-corrected chi connectivity index (χ3v) is 7.63. The summed E-state index contributed by atoms with van der Waals surface area (Å²) in [6.45, 7) is 0. The van der Waals surface area contributed by atoms with Gasteiger partial charge in [-0.2, -0.15) is 10.1 Å². The minimum atomic E-state index is -0.637. The van der Waals surface area contributed by atoms with Crippen LogP contribution in [0.4, 0.5) is 5.69 Å². The number of carbonyl (C=O) groups excluding carboxylic acids is 2. The van der Waals surface area contributed by atoms with E-state index in [1.54, 1.807) is 50.6 Å². The fourth-order valence-corrected chi connectivity index (χ4v) is 5.48. The number of methoxy groups -OCH3 is 3. The van der Waals surface area contributed by atoms with Gasteiger partial charge in [0.25, 0.3) is 5.91 Å². The summed E-state index contributed by atoms with van der Waals surface area (Å²) < 4.78 is 15.8. The molecule has 39 heavy (non-hydrogen) atoms. The number of thioether (sulfide) groups is 1. The molecule has 2 heterocycles. The van der Waals surface area contributed by atoms with Crippen molar-refractivity contribution < 1.29 is 23.8 Å². The molecule has 0 spiro atoms. The Labute approximate surface area is 230 Å². The van der Waals surface area contributed by atoms with Crippen molar-refractivity contribution in [3.63, 3.8) is 0 Å². The Morgan fingerprint density at radius 3 is 2.28 bits per heavy atom.